The minimum Gasteiger partial charge on any atom is -0.463 e. The monoisotopic (exact) mass is 353 g/mol. The van der Waals surface area contributed by atoms with Gasteiger partial charge in [-0.1, -0.05) is 25.1 Å². The summed E-state index contributed by atoms with van der Waals surface area (Å²) in [4.78, 5) is 15.8. The molecule has 5 nitrogen and oxygen atoms in total. The van der Waals surface area contributed by atoms with E-state index >= 15 is 0 Å². The third-order valence-corrected chi connectivity index (χ3v) is 6.59. The van der Waals surface area contributed by atoms with Gasteiger partial charge in [-0.25, -0.2) is 18.2 Å². The molecular formula is C16H19NO4S2. The SMILES string of the molecule is CCOC(=O)/C(C)=C/[C@H](C)CS(=O)(=O)c1nc2ccccc2s1. The molecule has 0 bridgehead atoms. The number of carbonyl (C=O) groups is 1. The molecule has 0 N–H and O–H groups in total. The zero-order chi connectivity index (χ0) is 17.0. The molecule has 0 radical (unpaired) electrons. The Labute approximate surface area is 139 Å². The molecule has 0 unspecified atom stereocenters. The number of benzene rings is 1. The molecule has 1 heterocycles. The number of fused-ring (bicyclic) bond motifs is 1. The van der Waals surface area contributed by atoms with Crippen molar-refractivity contribution in [2.24, 2.45) is 5.92 Å². The fourth-order valence-corrected chi connectivity index (χ4v) is 5.04. The Morgan fingerprint density at radius 3 is 2.74 bits per heavy atom. The van der Waals surface area contributed by atoms with Crippen LogP contribution < -0.4 is 0 Å². The summed E-state index contributed by atoms with van der Waals surface area (Å²) in [5, 5.41) is 0. The summed E-state index contributed by atoms with van der Waals surface area (Å²) < 4.78 is 30.8. The highest BCUT2D eigenvalue weighted by Gasteiger charge is 2.22. The molecule has 0 spiro atoms. The molecule has 0 saturated heterocycles. The standard InChI is InChI=1S/C16H19NO4S2/c1-4-21-15(18)12(3)9-11(2)10-23(19,20)16-17-13-7-5-6-8-14(13)22-16/h5-9,11H,4,10H2,1-3H3/b12-9+/t11-/m0/s1. The van der Waals surface area contributed by atoms with Crippen molar-refractivity contribution in [2.45, 2.75) is 25.1 Å². The second kappa shape index (κ2) is 7.23. The number of hydrogen-bond acceptors (Lipinski definition) is 6. The molecule has 0 fully saturated rings. The predicted octanol–water partition coefficient (Wildman–Crippen LogP) is 3.22. The Morgan fingerprint density at radius 1 is 1.39 bits per heavy atom. The van der Waals surface area contributed by atoms with Gasteiger partial charge in [0.25, 0.3) is 0 Å². The van der Waals surface area contributed by atoms with E-state index in [1.807, 2.05) is 18.2 Å². The van der Waals surface area contributed by atoms with E-state index in [0.29, 0.717) is 17.7 Å². The lowest BCUT2D eigenvalue weighted by Crippen LogP contribution is -2.14. The number of thiazole rings is 1. The fraction of sp³-hybridized carbons (Fsp3) is 0.375. The van der Waals surface area contributed by atoms with Crippen molar-refractivity contribution >= 4 is 37.4 Å². The van der Waals surface area contributed by atoms with Crippen LogP contribution in [0.2, 0.25) is 0 Å². The van der Waals surface area contributed by atoms with Gasteiger partial charge in [0, 0.05) is 5.57 Å². The first-order valence-electron chi connectivity index (χ1n) is 7.27. The largest absolute Gasteiger partial charge is 0.463 e. The summed E-state index contributed by atoms with van der Waals surface area (Å²) in [5.74, 6) is -0.822. The molecule has 124 valence electrons. The topological polar surface area (TPSA) is 73.3 Å². The van der Waals surface area contributed by atoms with Crippen molar-refractivity contribution in [3.63, 3.8) is 0 Å². The number of carbonyl (C=O) groups excluding carboxylic acids is 1. The molecule has 1 atom stereocenters. The average Bonchev–Trinajstić information content (AvgIpc) is 2.91. The lowest BCUT2D eigenvalue weighted by atomic mass is 10.1. The number of nitrogens with zero attached hydrogens (tertiary/aromatic N) is 1. The molecule has 0 aliphatic carbocycles. The fourth-order valence-electron chi connectivity index (χ4n) is 2.19. The Morgan fingerprint density at radius 2 is 2.09 bits per heavy atom. The molecule has 1 aromatic carbocycles. The summed E-state index contributed by atoms with van der Waals surface area (Å²) in [5.41, 5.74) is 1.10. The van der Waals surface area contributed by atoms with Crippen LogP contribution in [0.4, 0.5) is 0 Å². The molecule has 1 aromatic heterocycles. The zero-order valence-corrected chi connectivity index (χ0v) is 14.9. The Hall–Kier alpha value is -1.73. The van der Waals surface area contributed by atoms with E-state index in [-0.39, 0.29) is 16.0 Å². The van der Waals surface area contributed by atoms with Crippen LogP contribution in [-0.4, -0.2) is 31.7 Å². The van der Waals surface area contributed by atoms with Crippen LogP contribution in [0.1, 0.15) is 20.8 Å². The number of aromatic nitrogens is 1. The molecule has 0 amide bonds. The average molecular weight is 353 g/mol. The van der Waals surface area contributed by atoms with E-state index in [1.54, 1.807) is 32.9 Å². The number of rotatable bonds is 6. The van der Waals surface area contributed by atoms with Gasteiger partial charge in [-0.05, 0) is 31.9 Å². The quantitative estimate of drug-likeness (QED) is 0.589. The van der Waals surface area contributed by atoms with Crippen LogP contribution in [0, 0.1) is 5.92 Å². The van der Waals surface area contributed by atoms with E-state index in [1.165, 1.54) is 11.3 Å². The van der Waals surface area contributed by atoms with Crippen LogP contribution in [-0.2, 0) is 19.4 Å². The Kier molecular flexibility index (Phi) is 5.54. The van der Waals surface area contributed by atoms with Crippen LogP contribution in [0.25, 0.3) is 10.2 Å². The second-order valence-electron chi connectivity index (χ2n) is 5.28. The highest BCUT2D eigenvalue weighted by molar-refractivity contribution is 7.93. The predicted molar refractivity (Wildman–Crippen MR) is 91.2 cm³/mol. The third kappa shape index (κ3) is 4.39. The molecule has 23 heavy (non-hydrogen) atoms. The van der Waals surface area contributed by atoms with E-state index in [4.69, 9.17) is 4.74 Å². The first kappa shape index (κ1) is 17.6. The minimum atomic E-state index is -3.49. The van der Waals surface area contributed by atoms with E-state index < -0.39 is 15.8 Å². The number of hydrogen-bond donors (Lipinski definition) is 0. The van der Waals surface area contributed by atoms with Gasteiger partial charge in [0.2, 0.25) is 14.2 Å². The Bertz CT molecular complexity index is 804. The zero-order valence-electron chi connectivity index (χ0n) is 13.3. The number of allylic oxidation sites excluding steroid dienone is 1. The van der Waals surface area contributed by atoms with Gasteiger partial charge >= 0.3 is 5.97 Å². The molecule has 2 rings (SSSR count). The minimum absolute atomic E-state index is 0.0937. The third-order valence-electron chi connectivity index (χ3n) is 3.15. The number of para-hydroxylation sites is 1. The van der Waals surface area contributed by atoms with Gasteiger partial charge in [0.05, 0.1) is 22.6 Å². The van der Waals surface area contributed by atoms with Gasteiger partial charge in [-0.2, -0.15) is 0 Å². The lowest BCUT2D eigenvalue weighted by molar-refractivity contribution is -0.138. The summed E-state index contributed by atoms with van der Waals surface area (Å²) in [6.45, 7) is 5.40. The van der Waals surface area contributed by atoms with Crippen molar-refractivity contribution in [3.05, 3.63) is 35.9 Å². The first-order chi connectivity index (χ1) is 10.8. The molecule has 2 aromatic rings. The van der Waals surface area contributed by atoms with Gasteiger partial charge in [-0.15, -0.1) is 11.3 Å². The molecule has 7 heteroatoms. The Balaban J connectivity index is 2.17. The van der Waals surface area contributed by atoms with Gasteiger partial charge in [0.1, 0.15) is 0 Å². The molecular weight excluding hydrogens is 334 g/mol. The number of sulfone groups is 1. The van der Waals surface area contributed by atoms with Crippen molar-refractivity contribution in [2.75, 3.05) is 12.4 Å². The van der Waals surface area contributed by atoms with Crippen LogP contribution >= 0.6 is 11.3 Å². The van der Waals surface area contributed by atoms with Gasteiger partial charge in [0.15, 0.2) is 0 Å². The molecule has 0 saturated carbocycles. The summed E-state index contributed by atoms with van der Waals surface area (Å²) in [6.07, 6.45) is 1.63. The summed E-state index contributed by atoms with van der Waals surface area (Å²) in [7, 11) is -3.49. The van der Waals surface area contributed by atoms with Gasteiger partial charge in [-0.3, -0.25) is 0 Å². The van der Waals surface area contributed by atoms with Crippen molar-refractivity contribution in [1.82, 2.24) is 4.98 Å². The maximum Gasteiger partial charge on any atom is 0.333 e. The summed E-state index contributed by atoms with van der Waals surface area (Å²) >= 11 is 1.17. The van der Waals surface area contributed by atoms with Crippen molar-refractivity contribution in [1.29, 1.82) is 0 Å². The highest BCUT2D eigenvalue weighted by atomic mass is 32.2. The van der Waals surface area contributed by atoms with Crippen LogP contribution in [0.3, 0.4) is 0 Å². The second-order valence-corrected chi connectivity index (χ2v) is 8.51. The molecule has 0 aliphatic rings. The maximum absolute atomic E-state index is 12.5. The van der Waals surface area contributed by atoms with Crippen molar-refractivity contribution in [3.8, 4) is 0 Å². The van der Waals surface area contributed by atoms with E-state index in [2.05, 4.69) is 4.98 Å². The maximum atomic E-state index is 12.5. The summed E-state index contributed by atoms with van der Waals surface area (Å²) in [6, 6.07) is 7.32. The number of ether oxygens (including phenoxy) is 1. The van der Waals surface area contributed by atoms with E-state index in [0.717, 1.165) is 4.70 Å². The van der Waals surface area contributed by atoms with Crippen LogP contribution in [0.15, 0.2) is 40.3 Å². The number of esters is 1. The van der Waals surface area contributed by atoms with Crippen LogP contribution in [0.5, 0.6) is 0 Å². The molecule has 0 aliphatic heterocycles. The van der Waals surface area contributed by atoms with Gasteiger partial charge < -0.3 is 4.74 Å². The smallest absolute Gasteiger partial charge is 0.333 e. The first-order valence-corrected chi connectivity index (χ1v) is 9.74. The lowest BCUT2D eigenvalue weighted by Gasteiger charge is -2.08. The normalized spacial score (nSPS) is 14.0. The van der Waals surface area contributed by atoms with E-state index in [9.17, 15) is 13.2 Å². The highest BCUT2D eigenvalue weighted by Crippen LogP contribution is 2.27. The van der Waals surface area contributed by atoms with Crippen molar-refractivity contribution < 1.29 is 17.9 Å².